The molecule has 0 spiro atoms. The number of carbonyl (C=O) groups excluding carboxylic acids is 1. The van der Waals surface area contributed by atoms with E-state index in [1.807, 2.05) is 0 Å². The normalized spacial score (nSPS) is 21.3. The van der Waals surface area contributed by atoms with Crippen LogP contribution in [0.15, 0.2) is 11.8 Å². The third-order valence-electron chi connectivity index (χ3n) is 3.03. The summed E-state index contributed by atoms with van der Waals surface area (Å²) in [7, 11) is 0. The van der Waals surface area contributed by atoms with Gasteiger partial charge in [-0.3, -0.25) is 9.59 Å². The molecule has 0 amide bonds. The molecule has 0 aromatic heterocycles. The molecule has 1 fully saturated rings. The van der Waals surface area contributed by atoms with Crippen molar-refractivity contribution in [2.75, 3.05) is 6.54 Å². The smallest absolute Gasteiger partial charge is 0.304 e. The van der Waals surface area contributed by atoms with Crippen LogP contribution in [-0.4, -0.2) is 23.4 Å². The number of carboxylic acid groups (broad SMARTS) is 1. The van der Waals surface area contributed by atoms with Crippen molar-refractivity contribution in [1.29, 1.82) is 0 Å². The first kappa shape index (κ1) is 13.7. The number of rotatable bonds is 4. The summed E-state index contributed by atoms with van der Waals surface area (Å²) >= 11 is 0. The molecule has 1 aliphatic rings. The predicted molar refractivity (Wildman–Crippen MR) is 65.5 cm³/mol. The Morgan fingerprint density at radius 2 is 2.06 bits per heavy atom. The maximum atomic E-state index is 12.0. The quantitative estimate of drug-likeness (QED) is 0.736. The predicted octanol–water partition coefficient (Wildman–Crippen LogP) is 1.96. The lowest BCUT2D eigenvalue weighted by Gasteiger charge is -2.19. The minimum Gasteiger partial charge on any atom is -0.481 e. The Labute approximate surface area is 102 Å². The van der Waals surface area contributed by atoms with Gasteiger partial charge < -0.3 is 10.4 Å². The van der Waals surface area contributed by atoms with Gasteiger partial charge in [0.15, 0.2) is 5.78 Å². The van der Waals surface area contributed by atoms with E-state index in [0.717, 1.165) is 18.7 Å². The number of aliphatic carboxylic acids is 1. The van der Waals surface area contributed by atoms with Gasteiger partial charge in [0.25, 0.3) is 0 Å². The van der Waals surface area contributed by atoms with E-state index < -0.39 is 11.4 Å². The van der Waals surface area contributed by atoms with Crippen LogP contribution in [0.4, 0.5) is 0 Å². The van der Waals surface area contributed by atoms with Crippen LogP contribution >= 0.6 is 0 Å². The highest BCUT2D eigenvalue weighted by molar-refractivity contribution is 5.96. The second-order valence-corrected chi connectivity index (χ2v) is 6.18. The van der Waals surface area contributed by atoms with E-state index in [0.29, 0.717) is 0 Å². The minimum atomic E-state index is -0.943. The first-order valence-corrected chi connectivity index (χ1v) is 5.83. The molecular formula is C13H21NO3. The van der Waals surface area contributed by atoms with Crippen molar-refractivity contribution in [2.45, 2.75) is 40.5 Å². The highest BCUT2D eigenvalue weighted by Crippen LogP contribution is 2.30. The van der Waals surface area contributed by atoms with Gasteiger partial charge in [-0.25, -0.2) is 0 Å². The minimum absolute atomic E-state index is 0.125. The average molecular weight is 239 g/mol. The third kappa shape index (κ3) is 3.88. The molecule has 4 heteroatoms. The summed E-state index contributed by atoms with van der Waals surface area (Å²) in [6.45, 7) is 8.45. The lowest BCUT2D eigenvalue weighted by molar-refractivity contribution is -0.142. The van der Waals surface area contributed by atoms with E-state index in [2.05, 4.69) is 19.2 Å². The van der Waals surface area contributed by atoms with Gasteiger partial charge in [-0.2, -0.15) is 0 Å². The Morgan fingerprint density at radius 3 is 2.47 bits per heavy atom. The molecule has 0 bridgehead atoms. The molecule has 1 heterocycles. The molecule has 0 aromatic rings. The van der Waals surface area contributed by atoms with Gasteiger partial charge >= 0.3 is 5.97 Å². The fourth-order valence-electron chi connectivity index (χ4n) is 1.91. The van der Waals surface area contributed by atoms with Crippen LogP contribution in [0.2, 0.25) is 0 Å². The summed E-state index contributed by atoms with van der Waals surface area (Å²) < 4.78 is 0. The van der Waals surface area contributed by atoms with Crippen LogP contribution < -0.4 is 5.32 Å². The Bertz CT molecular complexity index is 367. The van der Waals surface area contributed by atoms with Crippen molar-refractivity contribution in [3.05, 3.63) is 11.8 Å². The molecule has 1 saturated heterocycles. The molecule has 1 aliphatic heterocycles. The van der Waals surface area contributed by atoms with Crippen LogP contribution in [0, 0.1) is 10.8 Å². The van der Waals surface area contributed by atoms with Gasteiger partial charge in [0.2, 0.25) is 0 Å². The summed E-state index contributed by atoms with van der Waals surface area (Å²) in [5.74, 6) is -1.07. The highest BCUT2D eigenvalue weighted by atomic mass is 16.4. The highest BCUT2D eigenvalue weighted by Gasteiger charge is 2.31. The summed E-state index contributed by atoms with van der Waals surface area (Å²) in [6.07, 6.45) is 2.26. The van der Waals surface area contributed by atoms with Crippen LogP contribution in [0.3, 0.4) is 0 Å². The monoisotopic (exact) mass is 239 g/mol. The van der Waals surface area contributed by atoms with Crippen molar-refractivity contribution in [2.24, 2.45) is 10.8 Å². The van der Waals surface area contributed by atoms with E-state index in [9.17, 15) is 9.59 Å². The van der Waals surface area contributed by atoms with Crippen molar-refractivity contribution < 1.29 is 14.7 Å². The number of hydrogen-bond donors (Lipinski definition) is 2. The van der Waals surface area contributed by atoms with Crippen molar-refractivity contribution in [1.82, 2.24) is 5.32 Å². The van der Waals surface area contributed by atoms with Crippen LogP contribution in [-0.2, 0) is 9.59 Å². The lowest BCUT2D eigenvalue weighted by atomic mass is 9.83. The molecule has 0 aliphatic carbocycles. The zero-order valence-corrected chi connectivity index (χ0v) is 11.0. The Morgan fingerprint density at radius 1 is 1.47 bits per heavy atom. The van der Waals surface area contributed by atoms with E-state index in [1.54, 1.807) is 19.9 Å². The maximum Gasteiger partial charge on any atom is 0.304 e. The Hall–Kier alpha value is -1.32. The average Bonchev–Trinajstić information content (AvgIpc) is 2.43. The number of carbonyl (C=O) groups is 2. The molecule has 0 atom stereocenters. The SMILES string of the molecule is CC1(C)CNC(=CC(=O)C(C)(C)CC(=O)O)C1. The molecule has 0 saturated carbocycles. The summed E-state index contributed by atoms with van der Waals surface area (Å²) in [5.41, 5.74) is 0.245. The molecule has 0 radical (unpaired) electrons. The number of carboxylic acids is 1. The van der Waals surface area contributed by atoms with Gasteiger partial charge in [0, 0.05) is 23.7 Å². The first-order valence-electron chi connectivity index (χ1n) is 5.83. The van der Waals surface area contributed by atoms with Gasteiger partial charge in [-0.05, 0) is 11.8 Å². The van der Waals surface area contributed by atoms with Crippen LogP contribution in [0.1, 0.15) is 40.5 Å². The van der Waals surface area contributed by atoms with Crippen molar-refractivity contribution in [3.8, 4) is 0 Å². The number of nitrogens with one attached hydrogen (secondary N) is 1. The maximum absolute atomic E-state index is 12.0. The standard InChI is InChI=1S/C13H21NO3/c1-12(2)6-9(14-8-12)5-10(15)13(3,4)7-11(16)17/h5,14H,6-8H2,1-4H3,(H,16,17). The second-order valence-electron chi connectivity index (χ2n) is 6.18. The van der Waals surface area contributed by atoms with Gasteiger partial charge in [0.1, 0.15) is 0 Å². The Balaban J connectivity index is 2.72. The van der Waals surface area contributed by atoms with Gasteiger partial charge in [-0.1, -0.05) is 27.7 Å². The molecule has 1 rings (SSSR count). The molecular weight excluding hydrogens is 218 g/mol. The lowest BCUT2D eigenvalue weighted by Crippen LogP contribution is -2.26. The van der Waals surface area contributed by atoms with E-state index in [4.69, 9.17) is 5.11 Å². The number of hydrogen-bond acceptors (Lipinski definition) is 3. The summed E-state index contributed by atoms with van der Waals surface area (Å²) in [6, 6.07) is 0. The van der Waals surface area contributed by atoms with Crippen molar-refractivity contribution in [3.63, 3.8) is 0 Å². The molecule has 0 unspecified atom stereocenters. The van der Waals surface area contributed by atoms with E-state index in [1.165, 1.54) is 0 Å². The Kier molecular flexibility index (Phi) is 3.65. The zero-order valence-electron chi connectivity index (χ0n) is 11.0. The van der Waals surface area contributed by atoms with Gasteiger partial charge in [0.05, 0.1) is 6.42 Å². The molecule has 0 aromatic carbocycles. The van der Waals surface area contributed by atoms with Crippen molar-refractivity contribution >= 4 is 11.8 Å². The van der Waals surface area contributed by atoms with Crippen LogP contribution in [0.25, 0.3) is 0 Å². The largest absolute Gasteiger partial charge is 0.481 e. The number of allylic oxidation sites excluding steroid dienone is 2. The molecule has 2 N–H and O–H groups in total. The summed E-state index contributed by atoms with van der Waals surface area (Å²) in [5, 5.41) is 11.9. The second kappa shape index (κ2) is 4.51. The molecule has 17 heavy (non-hydrogen) atoms. The van der Waals surface area contributed by atoms with Gasteiger partial charge in [-0.15, -0.1) is 0 Å². The third-order valence-corrected chi connectivity index (χ3v) is 3.03. The first-order chi connectivity index (χ1) is 7.62. The molecule has 4 nitrogen and oxygen atoms in total. The molecule has 96 valence electrons. The number of ketones is 1. The topological polar surface area (TPSA) is 66.4 Å². The fraction of sp³-hybridized carbons (Fsp3) is 0.692. The fourth-order valence-corrected chi connectivity index (χ4v) is 1.91. The van der Waals surface area contributed by atoms with E-state index >= 15 is 0 Å². The van der Waals surface area contributed by atoms with Crippen LogP contribution in [0.5, 0.6) is 0 Å². The summed E-state index contributed by atoms with van der Waals surface area (Å²) in [4.78, 5) is 22.7. The zero-order chi connectivity index (χ0) is 13.3. The van der Waals surface area contributed by atoms with E-state index in [-0.39, 0.29) is 17.6 Å².